The first-order valence-corrected chi connectivity index (χ1v) is 7.33. The zero-order valence-electron chi connectivity index (χ0n) is 13.6. The quantitative estimate of drug-likeness (QED) is 0.724. The number of carbonyl (C=O) groups excluding carboxylic acids is 1. The number of carbonyl (C=O) groups is 1. The largest absolute Gasteiger partial charge is 0.467 e. The number of hydrogen-bond donors (Lipinski definition) is 1. The summed E-state index contributed by atoms with van der Waals surface area (Å²) in [6.07, 6.45) is 3.21. The van der Waals surface area contributed by atoms with Gasteiger partial charge in [-0.3, -0.25) is 15.3 Å². The van der Waals surface area contributed by atoms with E-state index in [2.05, 4.69) is 34.0 Å². The van der Waals surface area contributed by atoms with Crippen LogP contribution in [0.15, 0.2) is 12.4 Å². The molecule has 1 N–H and O–H groups in total. The Bertz CT molecular complexity index is 463. The lowest BCUT2D eigenvalue weighted by Gasteiger charge is -2.29. The van der Waals surface area contributed by atoms with Crippen LogP contribution < -0.4 is 5.32 Å². The maximum absolute atomic E-state index is 12.2. The van der Waals surface area contributed by atoms with Gasteiger partial charge < -0.3 is 9.64 Å². The molecule has 118 valence electrons. The van der Waals surface area contributed by atoms with Crippen LogP contribution in [-0.4, -0.2) is 54.1 Å². The van der Waals surface area contributed by atoms with Gasteiger partial charge >= 0.3 is 5.97 Å². The fourth-order valence-electron chi connectivity index (χ4n) is 2.36. The zero-order chi connectivity index (χ0) is 15.9. The smallest absolute Gasteiger partial charge is 0.332 e. The highest BCUT2D eigenvalue weighted by molar-refractivity contribution is 5.81. The fourth-order valence-corrected chi connectivity index (χ4v) is 2.36. The van der Waals surface area contributed by atoms with E-state index in [1.54, 1.807) is 19.3 Å². The van der Waals surface area contributed by atoms with Crippen molar-refractivity contribution in [3.63, 3.8) is 0 Å². The van der Waals surface area contributed by atoms with E-state index < -0.39 is 5.54 Å². The highest BCUT2D eigenvalue weighted by Gasteiger charge is 2.39. The molecule has 1 aromatic rings. The minimum absolute atomic E-state index is 0.356. The second-order valence-electron chi connectivity index (χ2n) is 5.06. The Balaban J connectivity index is 2.90. The number of hydrogen-bond acceptors (Lipinski definition) is 6. The van der Waals surface area contributed by atoms with Crippen LogP contribution in [0, 0.1) is 6.92 Å². The number of aryl methyl sites for hydroxylation is 1. The van der Waals surface area contributed by atoms with Gasteiger partial charge in [0.1, 0.15) is 0 Å². The lowest BCUT2D eigenvalue weighted by molar-refractivity contribution is -0.148. The molecule has 0 aromatic carbocycles. The maximum atomic E-state index is 12.2. The van der Waals surface area contributed by atoms with Crippen LogP contribution in [0.5, 0.6) is 0 Å². The van der Waals surface area contributed by atoms with Gasteiger partial charge in [-0.05, 0) is 26.9 Å². The van der Waals surface area contributed by atoms with E-state index in [4.69, 9.17) is 4.74 Å². The summed E-state index contributed by atoms with van der Waals surface area (Å²) in [5.41, 5.74) is 0.345. The number of nitrogens with one attached hydrogen (secondary N) is 1. The molecule has 0 aliphatic carbocycles. The molecule has 0 aliphatic rings. The van der Waals surface area contributed by atoms with Gasteiger partial charge in [-0.25, -0.2) is 4.79 Å². The zero-order valence-corrected chi connectivity index (χ0v) is 13.6. The molecule has 0 fully saturated rings. The van der Waals surface area contributed by atoms with Crippen molar-refractivity contribution in [2.45, 2.75) is 33.2 Å². The summed E-state index contributed by atoms with van der Waals surface area (Å²) < 4.78 is 4.95. The third-order valence-corrected chi connectivity index (χ3v) is 3.75. The second-order valence-corrected chi connectivity index (χ2v) is 5.06. The molecule has 1 heterocycles. The molecule has 0 radical (unpaired) electrons. The van der Waals surface area contributed by atoms with E-state index >= 15 is 0 Å². The van der Waals surface area contributed by atoms with Crippen molar-refractivity contribution in [1.82, 2.24) is 20.2 Å². The predicted octanol–water partition coefficient (Wildman–Crippen LogP) is 1.10. The molecule has 1 aromatic heterocycles. The van der Waals surface area contributed by atoms with Crippen LogP contribution in [0.3, 0.4) is 0 Å². The van der Waals surface area contributed by atoms with Gasteiger partial charge in [0.25, 0.3) is 0 Å². The molecule has 1 atom stereocenters. The molecule has 6 heteroatoms. The van der Waals surface area contributed by atoms with Crippen LogP contribution in [0.4, 0.5) is 0 Å². The summed E-state index contributed by atoms with van der Waals surface area (Å²) in [5, 5.41) is 3.28. The van der Waals surface area contributed by atoms with E-state index in [9.17, 15) is 4.79 Å². The Labute approximate surface area is 126 Å². The summed E-state index contributed by atoms with van der Waals surface area (Å²) in [5.74, 6) is -0.356. The maximum Gasteiger partial charge on any atom is 0.332 e. The Hall–Kier alpha value is -1.53. The minimum atomic E-state index is -0.986. The predicted molar refractivity (Wildman–Crippen MR) is 81.9 cm³/mol. The number of ether oxygens (including phenoxy) is 1. The van der Waals surface area contributed by atoms with E-state index in [1.807, 2.05) is 6.92 Å². The molecule has 0 bridgehead atoms. The molecular weight excluding hydrogens is 268 g/mol. The molecule has 6 nitrogen and oxygen atoms in total. The van der Waals surface area contributed by atoms with Gasteiger partial charge in [0.15, 0.2) is 5.54 Å². The normalized spacial score (nSPS) is 14.0. The van der Waals surface area contributed by atoms with Crippen molar-refractivity contribution in [2.75, 3.05) is 33.3 Å². The molecule has 0 aliphatic heterocycles. The van der Waals surface area contributed by atoms with Crippen LogP contribution in [0.2, 0.25) is 0 Å². The average molecular weight is 294 g/mol. The summed E-state index contributed by atoms with van der Waals surface area (Å²) in [6, 6.07) is 0. The molecule has 1 unspecified atom stereocenters. The fraction of sp³-hybridized carbons (Fsp3) is 0.667. The van der Waals surface area contributed by atoms with Gasteiger partial charge in [0.05, 0.1) is 18.5 Å². The Kier molecular flexibility index (Phi) is 6.71. The van der Waals surface area contributed by atoms with Crippen LogP contribution in [0.1, 0.15) is 32.2 Å². The molecule has 0 amide bonds. The summed E-state index contributed by atoms with van der Waals surface area (Å²) >= 11 is 0. The van der Waals surface area contributed by atoms with E-state index in [-0.39, 0.29) is 5.97 Å². The Morgan fingerprint density at radius 1 is 1.33 bits per heavy atom. The van der Waals surface area contributed by atoms with Crippen molar-refractivity contribution in [3.05, 3.63) is 23.8 Å². The van der Waals surface area contributed by atoms with Crippen molar-refractivity contribution in [1.29, 1.82) is 0 Å². The van der Waals surface area contributed by atoms with E-state index in [0.717, 1.165) is 25.3 Å². The summed E-state index contributed by atoms with van der Waals surface area (Å²) in [7, 11) is 1.39. The Morgan fingerprint density at radius 3 is 2.48 bits per heavy atom. The highest BCUT2D eigenvalue weighted by Crippen LogP contribution is 2.22. The van der Waals surface area contributed by atoms with Crippen molar-refractivity contribution < 1.29 is 9.53 Å². The van der Waals surface area contributed by atoms with Gasteiger partial charge in [0, 0.05) is 25.5 Å². The Morgan fingerprint density at radius 2 is 1.95 bits per heavy atom. The van der Waals surface area contributed by atoms with E-state index in [0.29, 0.717) is 12.2 Å². The van der Waals surface area contributed by atoms with Gasteiger partial charge in [-0.15, -0.1) is 0 Å². The van der Waals surface area contributed by atoms with Crippen molar-refractivity contribution in [3.8, 4) is 0 Å². The monoisotopic (exact) mass is 294 g/mol. The number of rotatable bonds is 8. The average Bonchev–Trinajstić information content (AvgIpc) is 2.51. The molecule has 0 spiro atoms. The lowest BCUT2D eigenvalue weighted by atomic mass is 9.95. The van der Waals surface area contributed by atoms with Crippen molar-refractivity contribution in [2.24, 2.45) is 0 Å². The van der Waals surface area contributed by atoms with Gasteiger partial charge in [-0.2, -0.15) is 0 Å². The van der Waals surface area contributed by atoms with Crippen molar-refractivity contribution >= 4 is 5.97 Å². The van der Waals surface area contributed by atoms with E-state index in [1.165, 1.54) is 7.11 Å². The third kappa shape index (κ3) is 4.22. The molecule has 0 saturated carbocycles. The lowest BCUT2D eigenvalue weighted by Crippen LogP contribution is -2.50. The second kappa shape index (κ2) is 8.05. The molecule has 1 rings (SSSR count). The third-order valence-electron chi connectivity index (χ3n) is 3.75. The van der Waals surface area contributed by atoms with Crippen LogP contribution in [-0.2, 0) is 15.1 Å². The van der Waals surface area contributed by atoms with Crippen LogP contribution >= 0.6 is 0 Å². The number of methoxy groups -OCH3 is 1. The first-order valence-electron chi connectivity index (χ1n) is 7.33. The number of likely N-dealkylation sites (N-methyl/N-ethyl adjacent to an activating group) is 1. The number of aromatic nitrogens is 2. The van der Waals surface area contributed by atoms with Gasteiger partial charge in [-0.1, -0.05) is 13.8 Å². The minimum Gasteiger partial charge on any atom is -0.467 e. The SMILES string of the molecule is CCN(CC)CCNC(C)(C(=O)OC)c1nccnc1C. The standard InChI is InChI=1S/C15H26N4O2/c1-6-19(7-2)11-10-18-15(4,14(20)21-5)13-12(3)16-8-9-17-13/h8-9,18H,6-7,10-11H2,1-5H3. The highest BCUT2D eigenvalue weighted by atomic mass is 16.5. The first kappa shape index (κ1) is 17.5. The van der Waals surface area contributed by atoms with Gasteiger partial charge in [0.2, 0.25) is 0 Å². The summed E-state index contributed by atoms with van der Waals surface area (Å²) in [4.78, 5) is 23.1. The summed E-state index contributed by atoms with van der Waals surface area (Å²) in [6.45, 7) is 11.4. The number of nitrogens with zero attached hydrogens (tertiary/aromatic N) is 3. The molecular formula is C15H26N4O2. The van der Waals surface area contributed by atoms with Crippen LogP contribution in [0.25, 0.3) is 0 Å². The number of esters is 1. The molecule has 0 saturated heterocycles. The topological polar surface area (TPSA) is 67.4 Å². The molecule has 21 heavy (non-hydrogen) atoms. The first-order chi connectivity index (χ1) is 9.99.